The van der Waals surface area contributed by atoms with Crippen LogP contribution in [-0.4, -0.2) is 37.3 Å². The van der Waals surface area contributed by atoms with E-state index in [0.717, 1.165) is 35.1 Å². The Bertz CT molecular complexity index is 1650. The van der Waals surface area contributed by atoms with Crippen molar-refractivity contribution in [2.75, 3.05) is 31.7 Å². The fraction of sp³-hybridized carbons (Fsp3) is 0.387. The summed E-state index contributed by atoms with van der Waals surface area (Å²) in [4.78, 5) is 35.3. The van der Waals surface area contributed by atoms with Gasteiger partial charge in [-0.3, -0.25) is 9.36 Å². The zero-order chi connectivity index (χ0) is 28.4. The number of benzene rings is 2. The van der Waals surface area contributed by atoms with Gasteiger partial charge in [0.2, 0.25) is 0 Å². The van der Waals surface area contributed by atoms with Gasteiger partial charge in [-0.25, -0.2) is 9.79 Å². The Morgan fingerprint density at radius 2 is 1.95 bits per heavy atom. The minimum atomic E-state index is -0.666. The largest absolute Gasteiger partial charge is 0.496 e. The van der Waals surface area contributed by atoms with E-state index in [-0.39, 0.29) is 12.2 Å². The summed E-state index contributed by atoms with van der Waals surface area (Å²) in [5, 5.41) is 0. The monoisotopic (exact) mass is 623 g/mol. The first-order valence-corrected chi connectivity index (χ1v) is 15.4. The molecule has 9 heteroatoms. The highest BCUT2D eigenvalue weighted by atomic mass is 79.9. The van der Waals surface area contributed by atoms with Crippen LogP contribution in [0, 0.1) is 6.92 Å². The van der Waals surface area contributed by atoms with Crippen LogP contribution in [0.1, 0.15) is 62.3 Å². The van der Waals surface area contributed by atoms with Gasteiger partial charge < -0.3 is 14.4 Å². The fourth-order valence-electron chi connectivity index (χ4n) is 5.52. The van der Waals surface area contributed by atoms with E-state index in [0.29, 0.717) is 32.8 Å². The van der Waals surface area contributed by atoms with Crippen molar-refractivity contribution in [1.82, 2.24) is 4.57 Å². The van der Waals surface area contributed by atoms with E-state index < -0.39 is 12.0 Å². The van der Waals surface area contributed by atoms with Crippen LogP contribution in [0.2, 0.25) is 0 Å². The molecule has 0 bridgehead atoms. The Hall–Kier alpha value is -3.17. The molecule has 1 fully saturated rings. The number of rotatable bonds is 8. The third-order valence-corrected chi connectivity index (χ3v) is 8.95. The number of hydrogen-bond acceptors (Lipinski definition) is 7. The number of aryl methyl sites for hydroxylation is 1. The number of carbonyl (C=O) groups is 1. The number of methoxy groups -OCH3 is 1. The van der Waals surface area contributed by atoms with Crippen molar-refractivity contribution in [3.05, 3.63) is 88.5 Å². The summed E-state index contributed by atoms with van der Waals surface area (Å²) >= 11 is 4.93. The van der Waals surface area contributed by atoms with E-state index in [9.17, 15) is 9.59 Å². The smallest absolute Gasteiger partial charge is 0.338 e. The highest BCUT2D eigenvalue weighted by Gasteiger charge is 2.34. The predicted octanol–water partition coefficient (Wildman–Crippen LogP) is 5.26. The molecule has 0 radical (unpaired) electrons. The number of carbonyl (C=O) groups excluding carboxylic acids is 1. The first-order chi connectivity index (χ1) is 19.4. The van der Waals surface area contributed by atoms with Gasteiger partial charge in [-0.15, -0.1) is 0 Å². The highest BCUT2D eigenvalue weighted by molar-refractivity contribution is 9.10. The van der Waals surface area contributed by atoms with Crippen LogP contribution in [0.5, 0.6) is 5.75 Å². The lowest BCUT2D eigenvalue weighted by molar-refractivity contribution is -0.139. The SMILES string of the molecule is CCCC1=C(C(=O)OCC)[C@@H](c2ccc(OC)c(Br)c2)n2c(s/c(=C/c3ccc(N4CCCC4)c(C)c3)c2=O)=N1. The molecular weight excluding hydrogens is 590 g/mol. The predicted molar refractivity (Wildman–Crippen MR) is 163 cm³/mol. The van der Waals surface area contributed by atoms with Crippen molar-refractivity contribution in [2.45, 2.75) is 52.5 Å². The average Bonchev–Trinajstić information content (AvgIpc) is 3.57. The molecule has 1 aromatic heterocycles. The Morgan fingerprint density at radius 1 is 1.18 bits per heavy atom. The van der Waals surface area contributed by atoms with E-state index in [1.54, 1.807) is 18.6 Å². The quantitative estimate of drug-likeness (QED) is 0.320. The van der Waals surface area contributed by atoms with Crippen LogP contribution in [0.3, 0.4) is 0 Å². The Kier molecular flexibility index (Phi) is 8.61. The third-order valence-electron chi connectivity index (χ3n) is 7.35. The summed E-state index contributed by atoms with van der Waals surface area (Å²) in [5.74, 6) is 0.216. The van der Waals surface area contributed by atoms with Crippen LogP contribution in [0.25, 0.3) is 6.08 Å². The second-order valence-corrected chi connectivity index (χ2v) is 11.9. The number of hydrogen-bond donors (Lipinski definition) is 0. The number of nitrogens with zero attached hydrogens (tertiary/aromatic N) is 3. The van der Waals surface area contributed by atoms with Gasteiger partial charge in [0.1, 0.15) is 5.75 Å². The molecule has 0 saturated carbocycles. The first-order valence-electron chi connectivity index (χ1n) is 13.8. The second kappa shape index (κ2) is 12.1. The molecule has 0 spiro atoms. The maximum absolute atomic E-state index is 14.0. The van der Waals surface area contributed by atoms with Gasteiger partial charge >= 0.3 is 5.97 Å². The van der Waals surface area contributed by atoms with Gasteiger partial charge in [0.15, 0.2) is 4.80 Å². The molecule has 5 rings (SSSR count). The van der Waals surface area contributed by atoms with Gasteiger partial charge in [0, 0.05) is 18.8 Å². The lowest BCUT2D eigenvalue weighted by atomic mass is 9.94. The number of allylic oxidation sites excluding steroid dienone is 1. The van der Waals surface area contributed by atoms with Crippen LogP contribution in [-0.2, 0) is 9.53 Å². The van der Waals surface area contributed by atoms with Crippen molar-refractivity contribution in [2.24, 2.45) is 4.99 Å². The van der Waals surface area contributed by atoms with Gasteiger partial charge in [0.25, 0.3) is 5.56 Å². The molecular formula is C31H34BrN3O4S. The summed E-state index contributed by atoms with van der Waals surface area (Å²) in [7, 11) is 1.60. The molecule has 2 aliphatic heterocycles. The van der Waals surface area contributed by atoms with Gasteiger partial charge in [-0.05, 0) is 96.1 Å². The van der Waals surface area contributed by atoms with Crippen molar-refractivity contribution < 1.29 is 14.3 Å². The van der Waals surface area contributed by atoms with Crippen molar-refractivity contribution in [3.63, 3.8) is 0 Å². The third kappa shape index (κ3) is 5.41. The molecule has 2 aromatic carbocycles. The lowest BCUT2D eigenvalue weighted by Gasteiger charge is -2.26. The second-order valence-electron chi connectivity index (χ2n) is 10.0. The summed E-state index contributed by atoms with van der Waals surface area (Å²) in [6, 6.07) is 11.3. The lowest BCUT2D eigenvalue weighted by Crippen LogP contribution is -2.40. The molecule has 7 nitrogen and oxygen atoms in total. The maximum Gasteiger partial charge on any atom is 0.338 e. The zero-order valence-electron chi connectivity index (χ0n) is 23.3. The van der Waals surface area contributed by atoms with E-state index in [4.69, 9.17) is 14.5 Å². The standard InChI is InChI=1S/C31H34BrN3O4S/c1-5-9-23-27(30(37)39-6-2)28(21-11-13-25(38-4)22(32)18-21)35-29(36)26(40-31(35)33-23)17-20-10-12-24(19(3)16-20)34-14-7-8-15-34/h10-13,16-18,28H,5-9,14-15H2,1-4H3/b26-17+/t28-/m1/s1. The number of esters is 1. The summed E-state index contributed by atoms with van der Waals surface area (Å²) in [6.45, 7) is 8.36. The number of halogens is 1. The van der Waals surface area contributed by atoms with E-state index >= 15 is 0 Å². The molecule has 2 aliphatic rings. The summed E-state index contributed by atoms with van der Waals surface area (Å²) < 4.78 is 13.9. The molecule has 3 heterocycles. The molecule has 0 unspecified atom stereocenters. The van der Waals surface area contributed by atoms with Crippen LogP contribution < -0.4 is 24.5 Å². The topological polar surface area (TPSA) is 73.1 Å². The number of ether oxygens (including phenoxy) is 2. The number of anilines is 1. The molecule has 1 saturated heterocycles. The number of fused-ring (bicyclic) bond motifs is 1. The highest BCUT2D eigenvalue weighted by Crippen LogP contribution is 2.36. The van der Waals surface area contributed by atoms with Crippen LogP contribution >= 0.6 is 27.3 Å². The van der Waals surface area contributed by atoms with Crippen LogP contribution in [0.15, 0.2) is 61.9 Å². The average molecular weight is 625 g/mol. The molecule has 0 amide bonds. The van der Waals surface area contributed by atoms with Gasteiger partial charge in [-0.2, -0.15) is 0 Å². The van der Waals surface area contributed by atoms with Gasteiger partial charge in [0.05, 0.1) is 40.0 Å². The van der Waals surface area contributed by atoms with Crippen LogP contribution in [0.4, 0.5) is 5.69 Å². The van der Waals surface area contributed by atoms with Crippen molar-refractivity contribution in [3.8, 4) is 5.75 Å². The van der Waals surface area contributed by atoms with E-state index in [1.165, 1.54) is 35.4 Å². The molecule has 40 heavy (non-hydrogen) atoms. The molecule has 0 aliphatic carbocycles. The Labute approximate surface area is 246 Å². The fourth-order valence-corrected chi connectivity index (χ4v) is 7.10. The Balaban J connectivity index is 1.68. The number of aromatic nitrogens is 1. The normalized spacial score (nSPS) is 17.2. The maximum atomic E-state index is 14.0. The van der Waals surface area contributed by atoms with Crippen molar-refractivity contribution in [1.29, 1.82) is 0 Å². The minimum absolute atomic E-state index is 0.181. The zero-order valence-corrected chi connectivity index (χ0v) is 25.7. The summed E-state index contributed by atoms with van der Waals surface area (Å²) in [6.07, 6.45) is 5.78. The minimum Gasteiger partial charge on any atom is -0.496 e. The van der Waals surface area contributed by atoms with Crippen molar-refractivity contribution >= 4 is 45.0 Å². The number of thiazole rings is 1. The molecule has 1 atom stereocenters. The van der Waals surface area contributed by atoms with E-state index in [2.05, 4.69) is 46.0 Å². The Morgan fingerprint density at radius 3 is 2.60 bits per heavy atom. The molecule has 0 N–H and O–H groups in total. The molecule has 210 valence electrons. The van der Waals surface area contributed by atoms with Gasteiger partial charge in [-0.1, -0.05) is 36.8 Å². The first kappa shape index (κ1) is 28.4. The summed E-state index contributed by atoms with van der Waals surface area (Å²) in [5.41, 5.74) is 5.08. The van der Waals surface area contributed by atoms with E-state index in [1.807, 2.05) is 31.2 Å². The molecule has 3 aromatic rings.